The van der Waals surface area contributed by atoms with Crippen LogP contribution in [-0.4, -0.2) is 9.97 Å². The minimum atomic E-state index is -0.590. The summed E-state index contributed by atoms with van der Waals surface area (Å²) in [6.45, 7) is 13.6. The lowest BCUT2D eigenvalue weighted by Crippen LogP contribution is -2.27. The van der Waals surface area contributed by atoms with Gasteiger partial charge in [-0.25, -0.2) is 9.97 Å². The smallest absolute Gasteiger partial charge is 0.227 e. The van der Waals surface area contributed by atoms with Crippen molar-refractivity contribution in [1.29, 1.82) is 0 Å². The Labute approximate surface area is 379 Å². The van der Waals surface area contributed by atoms with E-state index < -0.39 is 29.6 Å². The second-order valence-electron chi connectivity index (χ2n) is 18.9. The molecule has 0 fully saturated rings. The van der Waals surface area contributed by atoms with Crippen molar-refractivity contribution in [2.24, 2.45) is 0 Å². The molecule has 63 heavy (non-hydrogen) atoms. The van der Waals surface area contributed by atoms with E-state index in [0.29, 0.717) is 16.7 Å². The van der Waals surface area contributed by atoms with Crippen molar-refractivity contribution < 1.29 is 19.8 Å². The molecule has 2 aromatic heterocycles. The minimum Gasteiger partial charge on any atom is -0.436 e. The number of aromatic nitrogens is 2. The molecule has 2 aliphatic rings. The lowest BCUT2D eigenvalue weighted by molar-refractivity contribution is 0.586. The molecule has 0 unspecified atom stereocenters. The standard InChI is InChI=1S/C59H46N2O2/c1-57(2,3)41-23-26-45-46-27-24-42(58(4,5)6)34-50(46)59(49(45)33-41)47-17-8-7-16-43(47)44-25-22-37(32-48(44)59)35-14-13-15-36(28-35)38-29-39(55-60-51-18-9-11-20-53(51)62-55)31-40(30-38)56-61-52-19-10-12-21-54(52)63-56/h7-34H,1-6H3/i9D,10D,11D,12D,18D,19D,20D,21D. The van der Waals surface area contributed by atoms with Gasteiger partial charge in [0.2, 0.25) is 11.8 Å². The minimum absolute atomic E-state index is 0.0150. The van der Waals surface area contributed by atoms with Gasteiger partial charge in [-0.3, -0.25) is 0 Å². The van der Waals surface area contributed by atoms with Gasteiger partial charge in [0.15, 0.2) is 11.2 Å². The van der Waals surface area contributed by atoms with Crippen molar-refractivity contribution in [2.45, 2.75) is 57.8 Å². The van der Waals surface area contributed by atoms with E-state index in [1.807, 2.05) is 24.3 Å². The molecule has 0 saturated heterocycles. The highest BCUT2D eigenvalue weighted by Gasteiger charge is 2.52. The van der Waals surface area contributed by atoms with E-state index in [9.17, 15) is 0 Å². The predicted molar refractivity (Wildman–Crippen MR) is 257 cm³/mol. The first-order valence-electron chi connectivity index (χ1n) is 25.3. The van der Waals surface area contributed by atoms with Gasteiger partial charge in [0.05, 0.1) is 16.4 Å². The van der Waals surface area contributed by atoms with Crippen molar-refractivity contribution >= 4 is 22.2 Å². The van der Waals surface area contributed by atoms with Crippen molar-refractivity contribution in [3.63, 3.8) is 0 Å². The number of nitrogens with zero attached hydrogens (tertiary/aromatic N) is 2. The van der Waals surface area contributed by atoms with Crippen LogP contribution in [0.15, 0.2) is 179 Å². The first-order valence-corrected chi connectivity index (χ1v) is 21.3. The highest BCUT2D eigenvalue weighted by molar-refractivity contribution is 5.96. The molecule has 2 heterocycles. The zero-order valence-corrected chi connectivity index (χ0v) is 35.8. The van der Waals surface area contributed by atoms with Crippen molar-refractivity contribution in [3.8, 4) is 67.4 Å². The molecule has 10 aromatic rings. The van der Waals surface area contributed by atoms with E-state index in [2.05, 4.69) is 143 Å². The van der Waals surface area contributed by atoms with Gasteiger partial charge in [0.1, 0.15) is 11.0 Å². The fourth-order valence-electron chi connectivity index (χ4n) is 9.80. The van der Waals surface area contributed by atoms with Gasteiger partial charge < -0.3 is 8.83 Å². The monoisotopic (exact) mass is 822 g/mol. The fourth-order valence-corrected chi connectivity index (χ4v) is 9.80. The van der Waals surface area contributed by atoms with Gasteiger partial charge in [-0.05, 0) is 143 Å². The second kappa shape index (κ2) is 13.3. The molecule has 12 rings (SSSR count). The zero-order valence-electron chi connectivity index (χ0n) is 43.8. The van der Waals surface area contributed by atoms with Crippen LogP contribution in [0.25, 0.3) is 89.6 Å². The normalized spacial score (nSPS) is 15.5. The van der Waals surface area contributed by atoms with E-state index in [-0.39, 0.29) is 69.0 Å². The topological polar surface area (TPSA) is 52.1 Å². The van der Waals surface area contributed by atoms with Crippen molar-refractivity contribution in [1.82, 2.24) is 9.97 Å². The summed E-state index contributed by atoms with van der Waals surface area (Å²) < 4.78 is 79.6. The lowest BCUT2D eigenvalue weighted by atomic mass is 9.68. The van der Waals surface area contributed by atoms with Gasteiger partial charge in [-0.1, -0.05) is 157 Å². The van der Waals surface area contributed by atoms with Crippen molar-refractivity contribution in [3.05, 3.63) is 203 Å². The zero-order chi connectivity index (χ0) is 49.8. The molecule has 0 amide bonds. The summed E-state index contributed by atoms with van der Waals surface area (Å²) in [5.41, 5.74) is 15.9. The van der Waals surface area contributed by atoms with Crippen LogP contribution in [0.5, 0.6) is 0 Å². The average Bonchev–Trinajstić information content (AvgIpc) is 4.15. The van der Waals surface area contributed by atoms with Crippen LogP contribution in [0.3, 0.4) is 0 Å². The molecule has 0 aliphatic heterocycles. The number of fused-ring (bicyclic) bond motifs is 12. The van der Waals surface area contributed by atoms with Crippen LogP contribution < -0.4 is 0 Å². The third-order valence-electron chi connectivity index (χ3n) is 13.0. The Balaban J connectivity index is 1.06. The molecular formula is C59H46N2O2. The summed E-state index contributed by atoms with van der Waals surface area (Å²) in [6.07, 6.45) is 0. The van der Waals surface area contributed by atoms with Crippen LogP contribution in [0, 0.1) is 0 Å². The summed E-state index contributed by atoms with van der Waals surface area (Å²) >= 11 is 0. The van der Waals surface area contributed by atoms with Crippen LogP contribution in [0.4, 0.5) is 0 Å². The average molecular weight is 823 g/mol. The van der Waals surface area contributed by atoms with E-state index in [4.69, 9.17) is 19.8 Å². The highest BCUT2D eigenvalue weighted by atomic mass is 16.4. The van der Waals surface area contributed by atoms with Crippen LogP contribution in [0.2, 0.25) is 0 Å². The predicted octanol–water partition coefficient (Wildman–Crippen LogP) is 15.6. The molecule has 0 bridgehead atoms. The largest absolute Gasteiger partial charge is 0.436 e. The van der Waals surface area contributed by atoms with Gasteiger partial charge >= 0.3 is 0 Å². The lowest BCUT2D eigenvalue weighted by Gasteiger charge is -2.33. The Hall–Kier alpha value is -7.30. The first kappa shape index (κ1) is 29.9. The Bertz CT molecular complexity index is 3700. The summed E-state index contributed by atoms with van der Waals surface area (Å²) in [5, 5.41) is 0. The van der Waals surface area contributed by atoms with Gasteiger partial charge in [0, 0.05) is 11.1 Å². The summed E-state index contributed by atoms with van der Waals surface area (Å²) in [6, 6.07) is 40.4. The summed E-state index contributed by atoms with van der Waals surface area (Å²) in [5.74, 6) is 0.0768. The van der Waals surface area contributed by atoms with Crippen LogP contribution in [-0.2, 0) is 16.2 Å². The third kappa shape index (κ3) is 5.74. The van der Waals surface area contributed by atoms with E-state index in [1.165, 1.54) is 55.6 Å². The third-order valence-corrected chi connectivity index (χ3v) is 13.0. The van der Waals surface area contributed by atoms with E-state index in [0.717, 1.165) is 16.7 Å². The molecular weight excluding hydrogens is 769 g/mol. The maximum absolute atomic E-state index is 8.57. The number of hydrogen-bond donors (Lipinski definition) is 0. The Morgan fingerprint density at radius 3 is 1.43 bits per heavy atom. The quantitative estimate of drug-likeness (QED) is 0.177. The van der Waals surface area contributed by atoms with Crippen molar-refractivity contribution in [2.75, 3.05) is 0 Å². The molecule has 4 nitrogen and oxygen atoms in total. The first-order chi connectivity index (χ1) is 33.7. The number of benzene rings is 8. The molecule has 0 N–H and O–H groups in total. The second-order valence-corrected chi connectivity index (χ2v) is 18.9. The molecule has 0 radical (unpaired) electrons. The van der Waals surface area contributed by atoms with Gasteiger partial charge in [-0.2, -0.15) is 0 Å². The molecule has 2 aliphatic carbocycles. The maximum Gasteiger partial charge on any atom is 0.227 e. The molecule has 0 atom stereocenters. The summed E-state index contributed by atoms with van der Waals surface area (Å²) in [4.78, 5) is 9.18. The van der Waals surface area contributed by atoms with E-state index >= 15 is 0 Å². The number of hydrogen-bond acceptors (Lipinski definition) is 4. The van der Waals surface area contributed by atoms with Crippen LogP contribution in [0.1, 0.15) is 85.9 Å². The maximum atomic E-state index is 8.57. The van der Waals surface area contributed by atoms with E-state index in [1.54, 1.807) is 6.07 Å². The van der Waals surface area contributed by atoms with Gasteiger partial charge in [-0.15, -0.1) is 0 Å². The van der Waals surface area contributed by atoms with Gasteiger partial charge in [0.25, 0.3) is 0 Å². The molecule has 1 spiro atoms. The van der Waals surface area contributed by atoms with Crippen LogP contribution >= 0.6 is 0 Å². The number of para-hydroxylation sites is 4. The molecule has 8 aromatic carbocycles. The molecule has 4 heteroatoms. The Morgan fingerprint density at radius 1 is 0.413 bits per heavy atom. The summed E-state index contributed by atoms with van der Waals surface area (Å²) in [7, 11) is 0. The Morgan fingerprint density at radius 2 is 0.857 bits per heavy atom. The fraction of sp³-hybridized carbons (Fsp3) is 0.153. The Kier molecular flexibility index (Phi) is 6.33. The number of oxazole rings is 2. The molecule has 0 saturated carbocycles. The SMILES string of the molecule is [2H]c1c([2H])c([2H])c2oc(-c3cc(-c4cccc(-c5ccc6c(c5)C5(c7ccccc7-6)c6cc(C(C)(C)C)ccc6-c6ccc(C(C)(C)C)cc65)c4)cc(-c4nc5c([2H])c([2H])c([2H])c([2H])c5o4)c3)nc2c1[2H]. The number of rotatable bonds is 4. The highest BCUT2D eigenvalue weighted by Crippen LogP contribution is 2.64. The molecule has 304 valence electrons.